The Balaban J connectivity index is 2.64. The van der Waals surface area contributed by atoms with Crippen molar-refractivity contribution in [1.82, 2.24) is 8.61 Å². The molecule has 0 aliphatic rings. The van der Waals surface area contributed by atoms with Crippen LogP contribution in [0.3, 0.4) is 0 Å². The lowest BCUT2D eigenvalue weighted by Crippen LogP contribution is -2.25. The molecule has 0 fully saturated rings. The Morgan fingerprint density at radius 1 is 1.20 bits per heavy atom. The zero-order valence-corrected chi connectivity index (χ0v) is 13.5. The van der Waals surface area contributed by atoms with Crippen LogP contribution < -0.4 is 0 Å². The molecule has 1 amide bonds. The van der Waals surface area contributed by atoms with E-state index in [0.29, 0.717) is 0 Å². The molecule has 8 heteroatoms. The van der Waals surface area contributed by atoms with Crippen LogP contribution in [0.1, 0.15) is 5.56 Å². The van der Waals surface area contributed by atoms with Crippen LogP contribution >= 0.6 is 11.9 Å². The van der Waals surface area contributed by atoms with Gasteiger partial charge in [-0.15, -0.1) is 3.71 Å². The van der Waals surface area contributed by atoms with Gasteiger partial charge in [0.2, 0.25) is 0 Å². The molecular weight excluding hydrogens is 300 g/mol. The minimum absolute atomic E-state index is 0.0708. The van der Waals surface area contributed by atoms with Crippen LogP contribution in [0.5, 0.6) is 0 Å². The predicted molar refractivity (Wildman–Crippen MR) is 78.8 cm³/mol. The van der Waals surface area contributed by atoms with Crippen molar-refractivity contribution in [2.24, 2.45) is 0 Å². The maximum absolute atomic E-state index is 12.2. The van der Waals surface area contributed by atoms with E-state index >= 15 is 0 Å². The van der Waals surface area contributed by atoms with Crippen LogP contribution in [0.25, 0.3) is 0 Å². The second-order valence-electron chi connectivity index (χ2n) is 4.28. The number of amides is 1. The summed E-state index contributed by atoms with van der Waals surface area (Å²) in [5, 5.41) is 0. The summed E-state index contributed by atoms with van der Waals surface area (Å²) in [6.07, 6.45) is -0.515. The maximum Gasteiger partial charge on any atom is 0.410 e. The number of ether oxygens (including phenoxy) is 1. The average Bonchev–Trinajstić information content (AvgIpc) is 2.38. The molecule has 0 aliphatic heterocycles. The molecule has 0 radical (unpaired) electrons. The fraction of sp³-hybridized carbons (Fsp3) is 0.417. The van der Waals surface area contributed by atoms with Crippen LogP contribution in [-0.4, -0.2) is 50.2 Å². The maximum atomic E-state index is 12.2. The SMILES string of the molecule is Cc1ccc(S(=O)(=O)N(C)SCOC(=O)N(C)C)cc1. The van der Waals surface area contributed by atoms with E-state index in [1.165, 1.54) is 11.9 Å². The lowest BCUT2D eigenvalue weighted by atomic mass is 10.2. The number of hydrogen-bond acceptors (Lipinski definition) is 5. The molecule has 6 nitrogen and oxygen atoms in total. The third-order valence-corrected chi connectivity index (χ3v) is 5.48. The van der Waals surface area contributed by atoms with Crippen LogP contribution in [0.15, 0.2) is 29.2 Å². The summed E-state index contributed by atoms with van der Waals surface area (Å²) in [6, 6.07) is 6.57. The molecule has 0 saturated heterocycles. The van der Waals surface area contributed by atoms with Crippen LogP contribution in [0.2, 0.25) is 0 Å². The molecular formula is C12H18N2O4S2. The van der Waals surface area contributed by atoms with Crippen molar-refractivity contribution in [2.45, 2.75) is 11.8 Å². The Bertz CT molecular complexity index is 555. The van der Waals surface area contributed by atoms with Gasteiger partial charge < -0.3 is 9.64 Å². The first-order chi connectivity index (χ1) is 9.25. The lowest BCUT2D eigenvalue weighted by molar-refractivity contribution is 0.136. The molecule has 112 valence electrons. The molecule has 0 N–H and O–H groups in total. The molecule has 0 atom stereocenters. The van der Waals surface area contributed by atoms with E-state index in [2.05, 4.69) is 0 Å². The topological polar surface area (TPSA) is 66.9 Å². The molecule has 1 aromatic carbocycles. The molecule has 1 rings (SSSR count). The second kappa shape index (κ2) is 6.96. The first kappa shape index (κ1) is 16.8. The van der Waals surface area contributed by atoms with Crippen LogP contribution in [0, 0.1) is 6.92 Å². The number of hydrogen-bond donors (Lipinski definition) is 0. The van der Waals surface area contributed by atoms with E-state index < -0.39 is 16.1 Å². The van der Waals surface area contributed by atoms with Gasteiger partial charge in [-0.2, -0.15) is 0 Å². The Labute approximate surface area is 123 Å². The Hall–Kier alpha value is -1.25. The normalized spacial score (nSPS) is 11.4. The number of benzene rings is 1. The lowest BCUT2D eigenvalue weighted by Gasteiger charge is -2.17. The molecule has 0 spiro atoms. The smallest absolute Gasteiger partial charge is 0.410 e. The van der Waals surface area contributed by atoms with Crippen LogP contribution in [0.4, 0.5) is 4.79 Å². The third-order valence-electron chi connectivity index (χ3n) is 2.44. The number of nitrogens with zero attached hydrogens (tertiary/aromatic N) is 2. The molecule has 0 heterocycles. The summed E-state index contributed by atoms with van der Waals surface area (Å²) < 4.78 is 30.4. The van der Waals surface area contributed by atoms with Crippen molar-refractivity contribution in [3.05, 3.63) is 29.8 Å². The van der Waals surface area contributed by atoms with Gasteiger partial charge in [0.25, 0.3) is 10.0 Å². The Kier molecular flexibility index (Phi) is 5.85. The molecule has 0 saturated carbocycles. The standard InChI is InChI=1S/C12H18N2O4S2/c1-10-5-7-11(8-6-10)20(16,17)14(4)19-9-18-12(15)13(2)3/h5-8H,9H2,1-4H3. The second-order valence-corrected chi connectivity index (χ2v) is 7.52. The van der Waals surface area contributed by atoms with Crippen molar-refractivity contribution in [3.8, 4) is 0 Å². The summed E-state index contributed by atoms with van der Waals surface area (Å²) in [5.41, 5.74) is 0.985. The highest BCUT2D eigenvalue weighted by molar-refractivity contribution is 8.08. The van der Waals surface area contributed by atoms with Crippen molar-refractivity contribution in [3.63, 3.8) is 0 Å². The highest BCUT2D eigenvalue weighted by atomic mass is 32.3. The van der Waals surface area contributed by atoms with Gasteiger partial charge in [-0.1, -0.05) is 17.7 Å². The highest BCUT2D eigenvalue weighted by Gasteiger charge is 2.21. The zero-order valence-electron chi connectivity index (χ0n) is 11.9. The monoisotopic (exact) mass is 318 g/mol. The van der Waals surface area contributed by atoms with Gasteiger partial charge in [-0.25, -0.2) is 13.2 Å². The Morgan fingerprint density at radius 3 is 2.25 bits per heavy atom. The molecule has 0 aromatic heterocycles. The van der Waals surface area contributed by atoms with Gasteiger partial charge in [-0.3, -0.25) is 0 Å². The van der Waals surface area contributed by atoms with Gasteiger partial charge >= 0.3 is 6.09 Å². The minimum atomic E-state index is -3.58. The summed E-state index contributed by atoms with van der Waals surface area (Å²) in [7, 11) is 0.948. The van der Waals surface area contributed by atoms with Gasteiger partial charge in [0.05, 0.1) is 4.90 Å². The van der Waals surface area contributed by atoms with E-state index in [1.54, 1.807) is 38.4 Å². The number of aryl methyl sites for hydroxylation is 1. The van der Waals surface area contributed by atoms with E-state index in [0.717, 1.165) is 21.2 Å². The number of carbonyl (C=O) groups is 1. The van der Waals surface area contributed by atoms with Gasteiger partial charge in [0.15, 0.2) is 5.94 Å². The molecule has 0 bridgehead atoms. The van der Waals surface area contributed by atoms with Gasteiger partial charge in [0, 0.05) is 21.1 Å². The molecule has 0 aliphatic carbocycles. The molecule has 20 heavy (non-hydrogen) atoms. The van der Waals surface area contributed by atoms with E-state index in [1.807, 2.05) is 6.92 Å². The van der Waals surface area contributed by atoms with Crippen molar-refractivity contribution in [1.29, 1.82) is 0 Å². The summed E-state index contributed by atoms with van der Waals surface area (Å²) in [6.45, 7) is 1.88. The third kappa shape index (κ3) is 4.39. The zero-order chi connectivity index (χ0) is 15.3. The minimum Gasteiger partial charge on any atom is -0.437 e. The van der Waals surface area contributed by atoms with Gasteiger partial charge in [-0.05, 0) is 31.0 Å². The summed E-state index contributed by atoms with van der Waals surface area (Å²) in [4.78, 5) is 12.7. The van der Waals surface area contributed by atoms with E-state index in [4.69, 9.17) is 4.74 Å². The van der Waals surface area contributed by atoms with Crippen LogP contribution in [-0.2, 0) is 14.8 Å². The fourth-order valence-electron chi connectivity index (χ4n) is 1.21. The summed E-state index contributed by atoms with van der Waals surface area (Å²) in [5.74, 6) is -0.0708. The Morgan fingerprint density at radius 2 is 1.75 bits per heavy atom. The highest BCUT2D eigenvalue weighted by Crippen LogP contribution is 2.21. The van der Waals surface area contributed by atoms with E-state index in [-0.39, 0.29) is 10.8 Å². The number of rotatable bonds is 5. The van der Waals surface area contributed by atoms with Crippen molar-refractivity contribution < 1.29 is 17.9 Å². The largest absolute Gasteiger partial charge is 0.437 e. The number of carbonyl (C=O) groups excluding carboxylic acids is 1. The average molecular weight is 318 g/mol. The molecule has 0 unspecified atom stereocenters. The van der Waals surface area contributed by atoms with Gasteiger partial charge in [0.1, 0.15) is 0 Å². The van der Waals surface area contributed by atoms with Crippen molar-refractivity contribution in [2.75, 3.05) is 27.1 Å². The first-order valence-corrected chi connectivity index (χ1v) is 8.16. The number of sulfonamides is 1. The summed E-state index contributed by atoms with van der Waals surface area (Å²) >= 11 is 0.904. The predicted octanol–water partition coefficient (Wildman–Crippen LogP) is 1.92. The molecule has 1 aromatic rings. The first-order valence-electron chi connectivity index (χ1n) is 5.77. The van der Waals surface area contributed by atoms with Crippen molar-refractivity contribution >= 4 is 28.1 Å². The van der Waals surface area contributed by atoms with E-state index in [9.17, 15) is 13.2 Å². The fourth-order valence-corrected chi connectivity index (χ4v) is 3.23. The quantitative estimate of drug-likeness (QED) is 0.613.